The topological polar surface area (TPSA) is 161 Å². The first-order chi connectivity index (χ1) is 17.1. The number of nitrogens with zero attached hydrogens (tertiary/aromatic N) is 1. The number of ketones is 2. The summed E-state index contributed by atoms with van der Waals surface area (Å²) in [6.07, 6.45) is 4.18. The number of benzene rings is 1. The zero-order chi connectivity index (χ0) is 25.9. The van der Waals surface area contributed by atoms with Gasteiger partial charge >= 0.3 is 0 Å². The Morgan fingerprint density at radius 2 is 1.81 bits per heavy atom. The van der Waals surface area contributed by atoms with Crippen molar-refractivity contribution in [2.24, 2.45) is 17.6 Å². The Labute approximate surface area is 208 Å². The summed E-state index contributed by atoms with van der Waals surface area (Å²) in [5.74, 6) is -5.93. The number of hydrogen-bond donors (Lipinski definition) is 5. The summed E-state index contributed by atoms with van der Waals surface area (Å²) in [5.41, 5.74) is 4.40. The maximum Gasteiger partial charge on any atom is 0.255 e. The van der Waals surface area contributed by atoms with Gasteiger partial charge in [0.15, 0.2) is 11.4 Å². The number of rotatable bonds is 4. The first kappa shape index (κ1) is 24.5. The number of primary amides is 1. The van der Waals surface area contributed by atoms with Crippen molar-refractivity contribution in [1.29, 1.82) is 0 Å². The van der Waals surface area contributed by atoms with E-state index in [0.717, 1.165) is 37.1 Å². The van der Waals surface area contributed by atoms with Gasteiger partial charge in [-0.1, -0.05) is 19.4 Å². The molecule has 3 aliphatic carbocycles. The number of fused-ring (bicyclic) bond motifs is 3. The molecular weight excluding hydrogens is 464 g/mol. The van der Waals surface area contributed by atoms with Gasteiger partial charge in [-0.25, -0.2) is 0 Å². The number of piperidine rings is 1. The molecule has 0 spiro atoms. The molecular formula is C27H32N2O7. The lowest BCUT2D eigenvalue weighted by Gasteiger charge is -2.46. The van der Waals surface area contributed by atoms with Gasteiger partial charge in [-0.05, 0) is 62.2 Å². The highest BCUT2D eigenvalue weighted by Gasteiger charge is 2.60. The van der Waals surface area contributed by atoms with Gasteiger partial charge in [-0.2, -0.15) is 0 Å². The molecule has 6 N–H and O–H groups in total. The molecule has 0 radical (unpaired) electrons. The van der Waals surface area contributed by atoms with Crippen LogP contribution in [0.4, 0.5) is 0 Å². The summed E-state index contributed by atoms with van der Waals surface area (Å²) in [6.45, 7) is 4.36. The Kier molecular flexibility index (Phi) is 5.95. The summed E-state index contributed by atoms with van der Waals surface area (Å²) < 4.78 is 0. The molecule has 192 valence electrons. The van der Waals surface area contributed by atoms with Gasteiger partial charge < -0.3 is 26.2 Å². The average Bonchev–Trinajstić information content (AvgIpc) is 2.83. The molecule has 3 atom stereocenters. The van der Waals surface area contributed by atoms with E-state index in [1.807, 2.05) is 13.0 Å². The Morgan fingerprint density at radius 3 is 2.44 bits per heavy atom. The van der Waals surface area contributed by atoms with Crippen LogP contribution in [0.1, 0.15) is 61.3 Å². The molecule has 1 heterocycles. The Balaban J connectivity index is 1.64. The third-order valence-electron chi connectivity index (χ3n) is 8.46. The predicted octanol–water partition coefficient (Wildman–Crippen LogP) is 1.97. The van der Waals surface area contributed by atoms with Crippen LogP contribution in [0.25, 0.3) is 5.76 Å². The SMILES string of the molecule is CCc1cc(CN2CCCCC2)c(O)c2c1C[C@H]1C[C@H]3CC(=O)C(C(N)=O)=C(O)[C@@]3(O)C(=O)C1=C2O. The molecule has 2 fully saturated rings. The summed E-state index contributed by atoms with van der Waals surface area (Å²) in [7, 11) is 0. The Hall–Kier alpha value is -3.17. The summed E-state index contributed by atoms with van der Waals surface area (Å²) >= 11 is 0. The van der Waals surface area contributed by atoms with E-state index in [-0.39, 0.29) is 29.7 Å². The molecule has 5 rings (SSSR count). The standard InChI is InChI=1S/C27H32N2O7/c1-2-13-8-15(12-29-6-4-3-5-7-29)22(31)20-17(13)10-14-9-16-11-18(30)21(26(28)35)25(34)27(16,36)24(33)19(14)23(20)32/h8,14,16,31-32,34,36H,2-7,9-12H2,1H3,(H2,28,35)/t14-,16+,27+/m1/s1. The molecule has 1 aromatic rings. The molecule has 9 nitrogen and oxygen atoms in total. The van der Waals surface area contributed by atoms with Crippen LogP contribution in [0.5, 0.6) is 5.75 Å². The van der Waals surface area contributed by atoms with Gasteiger partial charge in [0, 0.05) is 30.0 Å². The van der Waals surface area contributed by atoms with Crippen LogP contribution in [-0.2, 0) is 33.8 Å². The Bertz CT molecular complexity index is 1240. The fraction of sp³-hybridized carbons (Fsp3) is 0.519. The molecule has 36 heavy (non-hydrogen) atoms. The number of aromatic hydroxyl groups is 1. The molecule has 0 unspecified atom stereocenters. The zero-order valence-corrected chi connectivity index (χ0v) is 20.3. The molecule has 1 saturated heterocycles. The maximum atomic E-state index is 13.7. The minimum absolute atomic E-state index is 0.0884. The number of aliphatic hydroxyl groups excluding tert-OH is 2. The summed E-state index contributed by atoms with van der Waals surface area (Å²) in [6, 6.07) is 1.97. The number of aliphatic hydroxyl groups is 3. The van der Waals surface area contributed by atoms with Crippen molar-refractivity contribution in [3.05, 3.63) is 45.2 Å². The van der Waals surface area contributed by atoms with Gasteiger partial charge in [-0.15, -0.1) is 0 Å². The minimum atomic E-state index is -2.54. The number of Topliss-reactive ketones (excluding diaryl/α,β-unsaturated/α-hetero) is 2. The van der Waals surface area contributed by atoms with Crippen LogP contribution in [0.2, 0.25) is 0 Å². The second kappa shape index (κ2) is 8.74. The lowest BCUT2D eigenvalue weighted by molar-refractivity contribution is -0.147. The highest BCUT2D eigenvalue weighted by atomic mass is 16.3. The fourth-order valence-corrected chi connectivity index (χ4v) is 6.62. The van der Waals surface area contributed by atoms with Gasteiger partial charge in [0.05, 0.1) is 5.56 Å². The number of carbonyl (C=O) groups is 3. The highest BCUT2D eigenvalue weighted by molar-refractivity contribution is 6.22. The molecule has 1 aromatic carbocycles. The average molecular weight is 497 g/mol. The number of amides is 1. The smallest absolute Gasteiger partial charge is 0.255 e. The van der Waals surface area contributed by atoms with E-state index in [4.69, 9.17) is 5.73 Å². The van der Waals surface area contributed by atoms with Crippen molar-refractivity contribution in [2.75, 3.05) is 13.1 Å². The van der Waals surface area contributed by atoms with Crippen molar-refractivity contribution < 1.29 is 34.8 Å². The second-order valence-corrected chi connectivity index (χ2v) is 10.5. The molecule has 1 aliphatic heterocycles. The number of nitrogens with two attached hydrogens (primary N) is 1. The summed E-state index contributed by atoms with van der Waals surface area (Å²) in [5, 5.41) is 44.7. The number of phenols is 1. The van der Waals surface area contributed by atoms with Crippen LogP contribution < -0.4 is 5.73 Å². The lowest BCUT2D eigenvalue weighted by Crippen LogP contribution is -2.58. The highest BCUT2D eigenvalue weighted by Crippen LogP contribution is 2.52. The molecule has 1 saturated carbocycles. The van der Waals surface area contributed by atoms with E-state index in [1.165, 1.54) is 6.42 Å². The van der Waals surface area contributed by atoms with Crippen LogP contribution in [-0.4, -0.2) is 61.5 Å². The number of aryl methyl sites for hydroxylation is 1. The number of likely N-dealkylation sites (tertiary alicyclic amines) is 1. The van der Waals surface area contributed by atoms with E-state index in [9.17, 15) is 34.8 Å². The second-order valence-electron chi connectivity index (χ2n) is 10.5. The van der Waals surface area contributed by atoms with Gasteiger partial charge in [0.25, 0.3) is 5.91 Å². The zero-order valence-electron chi connectivity index (χ0n) is 20.3. The van der Waals surface area contributed by atoms with Crippen molar-refractivity contribution in [3.63, 3.8) is 0 Å². The molecule has 9 heteroatoms. The molecule has 4 aliphatic rings. The van der Waals surface area contributed by atoms with E-state index in [0.29, 0.717) is 24.9 Å². The van der Waals surface area contributed by atoms with Crippen LogP contribution in [0, 0.1) is 11.8 Å². The van der Waals surface area contributed by atoms with E-state index in [2.05, 4.69) is 4.90 Å². The number of hydrogen-bond acceptors (Lipinski definition) is 8. The van der Waals surface area contributed by atoms with Crippen molar-refractivity contribution in [3.8, 4) is 5.75 Å². The van der Waals surface area contributed by atoms with Crippen LogP contribution in [0.3, 0.4) is 0 Å². The van der Waals surface area contributed by atoms with Crippen molar-refractivity contribution >= 4 is 23.2 Å². The lowest BCUT2D eigenvalue weighted by atomic mass is 9.59. The monoisotopic (exact) mass is 496 g/mol. The van der Waals surface area contributed by atoms with Gasteiger partial charge in [0.1, 0.15) is 22.8 Å². The van der Waals surface area contributed by atoms with E-state index >= 15 is 0 Å². The Morgan fingerprint density at radius 1 is 1.11 bits per heavy atom. The fourth-order valence-electron chi connectivity index (χ4n) is 6.62. The van der Waals surface area contributed by atoms with Crippen molar-refractivity contribution in [1.82, 2.24) is 4.90 Å². The third-order valence-corrected chi connectivity index (χ3v) is 8.46. The predicted molar refractivity (Wildman–Crippen MR) is 130 cm³/mol. The number of phenolic OH excluding ortho intramolecular Hbond substituents is 1. The number of carbonyl (C=O) groups excluding carboxylic acids is 3. The molecule has 0 bridgehead atoms. The summed E-state index contributed by atoms with van der Waals surface area (Å²) in [4.78, 5) is 40.2. The normalized spacial score (nSPS) is 28.6. The first-order valence-corrected chi connectivity index (χ1v) is 12.7. The molecule has 0 aromatic heterocycles. The van der Waals surface area contributed by atoms with Crippen LogP contribution in [0.15, 0.2) is 23.0 Å². The molecule has 1 amide bonds. The van der Waals surface area contributed by atoms with E-state index in [1.54, 1.807) is 0 Å². The maximum absolute atomic E-state index is 13.7. The quantitative estimate of drug-likeness (QED) is 0.395. The minimum Gasteiger partial charge on any atom is -0.508 e. The van der Waals surface area contributed by atoms with Gasteiger partial charge in [-0.3, -0.25) is 19.3 Å². The van der Waals surface area contributed by atoms with E-state index < -0.39 is 52.0 Å². The first-order valence-electron chi connectivity index (χ1n) is 12.7. The van der Waals surface area contributed by atoms with Gasteiger partial charge in [0.2, 0.25) is 5.78 Å². The third kappa shape index (κ3) is 3.48. The van der Waals surface area contributed by atoms with Crippen molar-refractivity contribution in [2.45, 2.75) is 64.0 Å². The van der Waals surface area contributed by atoms with Crippen LogP contribution >= 0.6 is 0 Å². The largest absolute Gasteiger partial charge is 0.508 e.